The Kier molecular flexibility index (Phi) is 7.23. The Morgan fingerprint density at radius 1 is 0.833 bits per heavy atom. The molecule has 0 amide bonds. The van der Waals surface area contributed by atoms with Gasteiger partial charge in [-0.2, -0.15) is 0 Å². The fourth-order valence-corrected chi connectivity index (χ4v) is 2.10. The first kappa shape index (κ1) is 17.9. The molecule has 0 aliphatic heterocycles. The third-order valence-corrected chi connectivity index (χ3v) is 3.40. The fraction of sp³-hybridized carbons (Fsp3) is 0.368. The van der Waals surface area contributed by atoms with Crippen LogP contribution in [0, 0.1) is 0 Å². The van der Waals surface area contributed by atoms with Crippen molar-refractivity contribution in [2.45, 2.75) is 13.0 Å². The van der Waals surface area contributed by atoms with E-state index in [0.717, 1.165) is 22.9 Å². The Labute approximate surface area is 143 Å². The number of ether oxygens (including phenoxy) is 4. The quantitative estimate of drug-likeness (QED) is 0.674. The largest absolute Gasteiger partial charge is 0.497 e. The molecule has 24 heavy (non-hydrogen) atoms. The van der Waals surface area contributed by atoms with Gasteiger partial charge < -0.3 is 24.3 Å². The smallest absolute Gasteiger partial charge is 0.120 e. The highest BCUT2D eigenvalue weighted by atomic mass is 16.5. The lowest BCUT2D eigenvalue weighted by Crippen LogP contribution is -2.22. The van der Waals surface area contributed by atoms with Crippen LogP contribution in [0.2, 0.25) is 0 Å². The molecule has 2 aromatic rings. The summed E-state index contributed by atoms with van der Waals surface area (Å²) in [6.45, 7) is 3.87. The summed E-state index contributed by atoms with van der Waals surface area (Å²) in [7, 11) is 3.31. The summed E-state index contributed by atoms with van der Waals surface area (Å²) in [4.78, 5) is 0. The number of hydrogen-bond acceptors (Lipinski definition) is 5. The maximum absolute atomic E-state index is 5.87. The van der Waals surface area contributed by atoms with Gasteiger partial charge in [0.1, 0.15) is 30.0 Å². The number of anilines is 1. The Morgan fingerprint density at radius 2 is 1.46 bits per heavy atom. The summed E-state index contributed by atoms with van der Waals surface area (Å²) in [6.07, 6.45) is 0.0380. The summed E-state index contributed by atoms with van der Waals surface area (Å²) < 4.78 is 21.5. The Hall–Kier alpha value is -2.40. The fourth-order valence-electron chi connectivity index (χ4n) is 2.10. The first-order chi connectivity index (χ1) is 11.7. The van der Waals surface area contributed by atoms with Gasteiger partial charge in [0, 0.05) is 12.8 Å². The molecule has 0 saturated carbocycles. The van der Waals surface area contributed by atoms with E-state index in [1.165, 1.54) is 0 Å². The summed E-state index contributed by atoms with van der Waals surface area (Å²) in [5, 5.41) is 3.35. The van der Waals surface area contributed by atoms with Gasteiger partial charge in [0.25, 0.3) is 0 Å². The predicted molar refractivity (Wildman–Crippen MR) is 95.4 cm³/mol. The molecule has 0 aromatic heterocycles. The summed E-state index contributed by atoms with van der Waals surface area (Å²) in [6, 6.07) is 15.4. The number of benzene rings is 2. The van der Waals surface area contributed by atoms with E-state index in [1.54, 1.807) is 14.2 Å². The van der Waals surface area contributed by atoms with Crippen LogP contribution in [0.5, 0.6) is 17.2 Å². The molecule has 1 atom stereocenters. The van der Waals surface area contributed by atoms with Crippen LogP contribution in [0.15, 0.2) is 48.5 Å². The van der Waals surface area contributed by atoms with Crippen molar-refractivity contribution in [1.29, 1.82) is 0 Å². The highest BCUT2D eigenvalue weighted by Crippen LogP contribution is 2.19. The van der Waals surface area contributed by atoms with E-state index in [9.17, 15) is 0 Å². The first-order valence-electron chi connectivity index (χ1n) is 7.97. The van der Waals surface area contributed by atoms with Gasteiger partial charge in [0.2, 0.25) is 0 Å². The molecule has 130 valence electrons. The predicted octanol–water partition coefficient (Wildman–Crippen LogP) is 3.60. The molecule has 1 unspecified atom stereocenters. The summed E-state index contributed by atoms with van der Waals surface area (Å²) in [5.74, 6) is 2.48. The van der Waals surface area contributed by atoms with Crippen LogP contribution >= 0.6 is 0 Å². The summed E-state index contributed by atoms with van der Waals surface area (Å²) in [5.41, 5.74) is 1.03. The van der Waals surface area contributed by atoms with Gasteiger partial charge in [0.15, 0.2) is 0 Å². The lowest BCUT2D eigenvalue weighted by molar-refractivity contribution is 0.146. The molecule has 0 aliphatic carbocycles. The molecule has 0 aliphatic rings. The molecular weight excluding hydrogens is 306 g/mol. The van der Waals surface area contributed by atoms with Crippen molar-refractivity contribution in [2.24, 2.45) is 0 Å². The third kappa shape index (κ3) is 6.01. The minimum atomic E-state index is 0.0380. The molecule has 2 rings (SSSR count). The molecule has 5 nitrogen and oxygen atoms in total. The van der Waals surface area contributed by atoms with E-state index < -0.39 is 0 Å². The number of nitrogens with one attached hydrogen (secondary N) is 1. The van der Waals surface area contributed by atoms with Gasteiger partial charge in [-0.1, -0.05) is 0 Å². The van der Waals surface area contributed by atoms with Crippen LogP contribution in [-0.2, 0) is 4.74 Å². The van der Waals surface area contributed by atoms with Crippen LogP contribution in [0.4, 0.5) is 5.69 Å². The van der Waals surface area contributed by atoms with E-state index in [0.29, 0.717) is 19.8 Å². The second kappa shape index (κ2) is 9.67. The van der Waals surface area contributed by atoms with Gasteiger partial charge in [-0.05, 0) is 55.5 Å². The van der Waals surface area contributed by atoms with Crippen molar-refractivity contribution in [1.82, 2.24) is 0 Å². The third-order valence-electron chi connectivity index (χ3n) is 3.40. The standard InChI is InChI=1S/C19H25NO4/c1-15(24-19-10-8-17(22-3)9-11-19)14-20-16-4-6-18(7-5-16)23-13-12-21-2/h4-11,15,20H,12-14H2,1-3H3. The van der Waals surface area contributed by atoms with E-state index in [2.05, 4.69) is 5.32 Å². The minimum Gasteiger partial charge on any atom is -0.497 e. The van der Waals surface area contributed by atoms with E-state index in [1.807, 2.05) is 55.5 Å². The Bertz CT molecular complexity index is 583. The minimum absolute atomic E-state index is 0.0380. The van der Waals surface area contributed by atoms with Gasteiger partial charge in [-0.25, -0.2) is 0 Å². The zero-order valence-electron chi connectivity index (χ0n) is 14.5. The van der Waals surface area contributed by atoms with Crippen molar-refractivity contribution in [2.75, 3.05) is 39.3 Å². The highest BCUT2D eigenvalue weighted by Gasteiger charge is 2.04. The molecule has 0 heterocycles. The average Bonchev–Trinajstić information content (AvgIpc) is 2.62. The molecular formula is C19H25NO4. The van der Waals surface area contributed by atoms with E-state index in [-0.39, 0.29) is 6.10 Å². The molecule has 0 radical (unpaired) electrons. The summed E-state index contributed by atoms with van der Waals surface area (Å²) >= 11 is 0. The zero-order valence-corrected chi connectivity index (χ0v) is 14.5. The van der Waals surface area contributed by atoms with Crippen molar-refractivity contribution in [3.8, 4) is 17.2 Å². The van der Waals surface area contributed by atoms with Gasteiger partial charge in [-0.15, -0.1) is 0 Å². The normalized spacial score (nSPS) is 11.6. The zero-order chi connectivity index (χ0) is 17.2. The van der Waals surface area contributed by atoms with Gasteiger partial charge in [-0.3, -0.25) is 0 Å². The molecule has 0 spiro atoms. The van der Waals surface area contributed by atoms with E-state index in [4.69, 9.17) is 18.9 Å². The van der Waals surface area contributed by atoms with Gasteiger partial charge >= 0.3 is 0 Å². The monoisotopic (exact) mass is 331 g/mol. The second-order valence-corrected chi connectivity index (χ2v) is 5.35. The van der Waals surface area contributed by atoms with Gasteiger partial charge in [0.05, 0.1) is 20.3 Å². The van der Waals surface area contributed by atoms with Crippen LogP contribution in [0.3, 0.4) is 0 Å². The number of rotatable bonds is 10. The van der Waals surface area contributed by atoms with E-state index >= 15 is 0 Å². The number of hydrogen-bond donors (Lipinski definition) is 1. The molecule has 1 N–H and O–H groups in total. The van der Waals surface area contributed by atoms with Crippen molar-refractivity contribution < 1.29 is 18.9 Å². The lowest BCUT2D eigenvalue weighted by Gasteiger charge is -2.16. The molecule has 0 bridgehead atoms. The van der Waals surface area contributed by atoms with Crippen LogP contribution in [0.25, 0.3) is 0 Å². The molecule has 0 saturated heterocycles. The van der Waals surface area contributed by atoms with Crippen molar-refractivity contribution in [3.63, 3.8) is 0 Å². The Morgan fingerprint density at radius 3 is 2.08 bits per heavy atom. The second-order valence-electron chi connectivity index (χ2n) is 5.35. The molecule has 0 fully saturated rings. The van der Waals surface area contributed by atoms with Crippen LogP contribution in [0.1, 0.15) is 6.92 Å². The van der Waals surface area contributed by atoms with Crippen LogP contribution in [-0.4, -0.2) is 40.1 Å². The highest BCUT2D eigenvalue weighted by molar-refractivity contribution is 5.46. The lowest BCUT2D eigenvalue weighted by atomic mass is 10.3. The maximum atomic E-state index is 5.87. The number of methoxy groups -OCH3 is 2. The average molecular weight is 331 g/mol. The Balaban J connectivity index is 1.75. The maximum Gasteiger partial charge on any atom is 0.120 e. The molecule has 5 heteroatoms. The topological polar surface area (TPSA) is 49.0 Å². The van der Waals surface area contributed by atoms with Crippen molar-refractivity contribution in [3.05, 3.63) is 48.5 Å². The first-order valence-corrected chi connectivity index (χ1v) is 7.97. The van der Waals surface area contributed by atoms with Crippen molar-refractivity contribution >= 4 is 5.69 Å². The SMILES string of the molecule is COCCOc1ccc(NCC(C)Oc2ccc(OC)cc2)cc1. The molecule has 2 aromatic carbocycles. The van der Waals surface area contributed by atoms with Crippen LogP contribution < -0.4 is 19.5 Å².